The fraction of sp³-hybridized carbons (Fsp3) is 0.333. The molecule has 0 fully saturated rings. The number of rotatable bonds is 3. The van der Waals surface area contributed by atoms with E-state index < -0.39 is 0 Å². The van der Waals surface area contributed by atoms with E-state index in [0.29, 0.717) is 18.5 Å². The Balaban J connectivity index is 1.67. The average Bonchev–Trinajstić information content (AvgIpc) is 2.96. The Morgan fingerprint density at radius 1 is 1.48 bits per heavy atom. The van der Waals surface area contributed by atoms with Crippen LogP contribution in [0.2, 0.25) is 0 Å². The summed E-state index contributed by atoms with van der Waals surface area (Å²) < 4.78 is 13.6. The molecule has 1 aromatic heterocycles. The lowest BCUT2D eigenvalue weighted by atomic mass is 10.0. The number of benzene rings is 1. The number of aromatic nitrogens is 2. The lowest BCUT2D eigenvalue weighted by Gasteiger charge is -2.27. The van der Waals surface area contributed by atoms with Crippen molar-refractivity contribution >= 4 is 5.91 Å². The molecule has 0 spiro atoms. The minimum Gasteiger partial charge on any atom is -0.347 e. The van der Waals surface area contributed by atoms with Gasteiger partial charge in [0.05, 0.1) is 23.8 Å². The van der Waals surface area contributed by atoms with Gasteiger partial charge in [-0.05, 0) is 6.07 Å². The molecule has 0 saturated heterocycles. The second-order valence-electron chi connectivity index (χ2n) is 5.25. The van der Waals surface area contributed by atoms with Gasteiger partial charge in [-0.1, -0.05) is 18.2 Å². The van der Waals surface area contributed by atoms with E-state index in [4.69, 9.17) is 0 Å². The van der Waals surface area contributed by atoms with Gasteiger partial charge < -0.3 is 9.88 Å². The number of nitrogens with one attached hydrogen (secondary N) is 2. The van der Waals surface area contributed by atoms with Crippen LogP contribution >= 0.6 is 0 Å². The van der Waals surface area contributed by atoms with Crippen LogP contribution in [-0.4, -0.2) is 33.9 Å². The molecule has 6 heteroatoms. The van der Waals surface area contributed by atoms with Gasteiger partial charge >= 0.3 is 0 Å². The number of nitrogens with zero attached hydrogens (tertiary/aromatic N) is 2. The molecule has 1 atom stereocenters. The number of carbonyl (C=O) groups excluding carboxylic acids is 1. The van der Waals surface area contributed by atoms with Crippen molar-refractivity contribution in [2.24, 2.45) is 0 Å². The maximum Gasteiger partial charge on any atom is 0.240 e. The molecule has 2 aromatic rings. The first-order valence-electron chi connectivity index (χ1n) is 6.88. The monoisotopic (exact) mass is 288 g/mol. The minimum absolute atomic E-state index is 0.0492. The summed E-state index contributed by atoms with van der Waals surface area (Å²) in [5.74, 6) is -0.338. The number of amides is 1. The lowest BCUT2D eigenvalue weighted by Crippen LogP contribution is -2.48. The zero-order valence-corrected chi connectivity index (χ0v) is 11.8. The summed E-state index contributed by atoms with van der Waals surface area (Å²) in [5.41, 5.74) is 2.46. The smallest absolute Gasteiger partial charge is 0.240 e. The number of hydrogen-bond acceptors (Lipinski definition) is 3. The molecule has 3 rings (SSSR count). The van der Waals surface area contributed by atoms with Crippen molar-refractivity contribution in [3.05, 3.63) is 53.4 Å². The van der Waals surface area contributed by atoms with E-state index in [1.807, 2.05) is 0 Å². The van der Waals surface area contributed by atoms with Gasteiger partial charge in [-0.25, -0.2) is 9.37 Å². The molecule has 0 bridgehead atoms. The highest BCUT2D eigenvalue weighted by Gasteiger charge is 2.28. The first kappa shape index (κ1) is 13.8. The molecule has 1 aromatic carbocycles. The van der Waals surface area contributed by atoms with Crippen LogP contribution in [0.4, 0.5) is 4.39 Å². The Bertz CT molecular complexity index is 655. The number of fused-ring (bicyclic) bond motifs is 1. The summed E-state index contributed by atoms with van der Waals surface area (Å²) in [6.45, 7) is 0.858. The molecule has 0 radical (unpaired) electrons. The van der Waals surface area contributed by atoms with Crippen LogP contribution in [0.5, 0.6) is 0 Å². The van der Waals surface area contributed by atoms with Gasteiger partial charge in [0.2, 0.25) is 5.91 Å². The van der Waals surface area contributed by atoms with Crippen LogP contribution in [-0.2, 0) is 24.3 Å². The molecule has 21 heavy (non-hydrogen) atoms. The Labute approximate surface area is 122 Å². The molecule has 2 N–H and O–H groups in total. The van der Waals surface area contributed by atoms with E-state index in [2.05, 4.69) is 15.3 Å². The molecule has 2 heterocycles. The lowest BCUT2D eigenvalue weighted by molar-refractivity contribution is -0.132. The van der Waals surface area contributed by atoms with Crippen molar-refractivity contribution in [3.63, 3.8) is 0 Å². The largest absolute Gasteiger partial charge is 0.347 e. The molecule has 0 saturated carbocycles. The van der Waals surface area contributed by atoms with Gasteiger partial charge in [0.1, 0.15) is 5.82 Å². The SMILES string of the molecule is CN(Cc1ccccc1F)C(=O)C1Cc2nc[nH]c2CN1. The third-order valence-corrected chi connectivity index (χ3v) is 3.77. The number of hydrogen-bond donors (Lipinski definition) is 2. The Morgan fingerprint density at radius 3 is 3.10 bits per heavy atom. The molecule has 1 aliphatic rings. The number of H-pyrrole nitrogens is 1. The first-order chi connectivity index (χ1) is 10.1. The summed E-state index contributed by atoms with van der Waals surface area (Å²) in [6.07, 6.45) is 2.20. The average molecular weight is 288 g/mol. The zero-order valence-electron chi connectivity index (χ0n) is 11.8. The molecule has 1 aliphatic heterocycles. The van der Waals surface area contributed by atoms with E-state index in [9.17, 15) is 9.18 Å². The maximum atomic E-state index is 13.6. The van der Waals surface area contributed by atoms with Crippen molar-refractivity contribution in [1.82, 2.24) is 20.2 Å². The van der Waals surface area contributed by atoms with Crippen LogP contribution in [0.3, 0.4) is 0 Å². The van der Waals surface area contributed by atoms with Crippen LogP contribution in [0.1, 0.15) is 17.0 Å². The normalized spacial score (nSPS) is 17.3. The van der Waals surface area contributed by atoms with Crippen molar-refractivity contribution in [2.45, 2.75) is 25.6 Å². The van der Waals surface area contributed by atoms with Gasteiger partial charge in [0, 0.05) is 32.1 Å². The molecule has 110 valence electrons. The molecule has 1 unspecified atom stereocenters. The Hall–Kier alpha value is -2.21. The van der Waals surface area contributed by atoms with E-state index >= 15 is 0 Å². The van der Waals surface area contributed by atoms with Gasteiger partial charge in [-0.3, -0.25) is 10.1 Å². The summed E-state index contributed by atoms with van der Waals surface area (Å²) >= 11 is 0. The molecule has 0 aliphatic carbocycles. The third-order valence-electron chi connectivity index (χ3n) is 3.77. The van der Waals surface area contributed by atoms with Gasteiger partial charge in [0.25, 0.3) is 0 Å². The van der Waals surface area contributed by atoms with Gasteiger partial charge in [-0.15, -0.1) is 0 Å². The van der Waals surface area contributed by atoms with Gasteiger partial charge in [-0.2, -0.15) is 0 Å². The van der Waals surface area contributed by atoms with Crippen LogP contribution in [0, 0.1) is 5.82 Å². The minimum atomic E-state index is -0.308. The highest BCUT2D eigenvalue weighted by Crippen LogP contribution is 2.15. The Morgan fingerprint density at radius 2 is 2.29 bits per heavy atom. The third kappa shape index (κ3) is 2.80. The fourth-order valence-corrected chi connectivity index (χ4v) is 2.57. The van der Waals surface area contributed by atoms with E-state index in [-0.39, 0.29) is 24.3 Å². The number of likely N-dealkylation sites (N-methyl/N-ethyl adjacent to an activating group) is 1. The highest BCUT2D eigenvalue weighted by atomic mass is 19.1. The van der Waals surface area contributed by atoms with E-state index in [1.165, 1.54) is 6.07 Å². The number of halogens is 1. The fourth-order valence-electron chi connectivity index (χ4n) is 2.57. The second kappa shape index (κ2) is 5.65. The first-order valence-corrected chi connectivity index (χ1v) is 6.88. The van der Waals surface area contributed by atoms with Crippen molar-refractivity contribution in [2.75, 3.05) is 7.05 Å². The van der Waals surface area contributed by atoms with Crippen molar-refractivity contribution in [3.8, 4) is 0 Å². The van der Waals surface area contributed by atoms with Crippen LogP contribution < -0.4 is 5.32 Å². The molecule has 1 amide bonds. The van der Waals surface area contributed by atoms with Crippen molar-refractivity contribution in [1.29, 1.82) is 0 Å². The second-order valence-corrected chi connectivity index (χ2v) is 5.25. The van der Waals surface area contributed by atoms with E-state index in [0.717, 1.165) is 11.4 Å². The predicted octanol–water partition coefficient (Wildman–Crippen LogP) is 1.22. The molecule has 5 nitrogen and oxygen atoms in total. The molecular formula is C15H17FN4O. The zero-order chi connectivity index (χ0) is 14.8. The topological polar surface area (TPSA) is 61.0 Å². The number of imidazole rings is 1. The van der Waals surface area contributed by atoms with Crippen molar-refractivity contribution < 1.29 is 9.18 Å². The maximum absolute atomic E-state index is 13.6. The molecular weight excluding hydrogens is 271 g/mol. The van der Waals surface area contributed by atoms with Gasteiger partial charge in [0.15, 0.2) is 0 Å². The van der Waals surface area contributed by atoms with Crippen LogP contribution in [0.15, 0.2) is 30.6 Å². The predicted molar refractivity (Wildman–Crippen MR) is 75.8 cm³/mol. The summed E-state index contributed by atoms with van der Waals surface area (Å²) in [7, 11) is 1.69. The quantitative estimate of drug-likeness (QED) is 0.893. The summed E-state index contributed by atoms with van der Waals surface area (Å²) in [6, 6.07) is 6.20. The van der Waals surface area contributed by atoms with Crippen LogP contribution in [0.25, 0.3) is 0 Å². The number of carbonyl (C=O) groups is 1. The standard InChI is InChI=1S/C15H17FN4O/c1-20(8-10-4-2-3-5-11(10)16)15(21)13-6-12-14(7-17-13)19-9-18-12/h2-5,9,13,17H,6-8H2,1H3,(H,18,19). The summed E-state index contributed by atoms with van der Waals surface area (Å²) in [5, 5.41) is 3.19. The van der Waals surface area contributed by atoms with E-state index in [1.54, 1.807) is 36.5 Å². The summed E-state index contributed by atoms with van der Waals surface area (Å²) in [4.78, 5) is 21.3. The Kier molecular flexibility index (Phi) is 3.70. The highest BCUT2D eigenvalue weighted by molar-refractivity contribution is 5.82. The number of aromatic amines is 1.